The van der Waals surface area contributed by atoms with Crippen molar-refractivity contribution in [1.82, 2.24) is 0 Å². The molecule has 3 saturated heterocycles. The smallest absolute Gasteiger partial charge is 0.377 e. The highest BCUT2D eigenvalue weighted by Crippen LogP contribution is 2.50. The molecule has 3 aliphatic rings. The highest BCUT2D eigenvalue weighted by atomic mass is 32.2. The van der Waals surface area contributed by atoms with E-state index in [4.69, 9.17) is 8.92 Å². The molecule has 6 unspecified atom stereocenters. The number of carbonyl (C=O) groups excluding carboxylic acids is 1. The largest absolute Gasteiger partial charge is 0.454 e. The molecule has 3 heterocycles. The standard InChI is InChI=1S/C10H12F2O6S/c1-3-4-6(17-9(13)10(2,11)12)8-7(16-4)5(3)18-19(8,14)15/h3-8H,1-2H3. The average molecular weight is 298 g/mol. The second-order valence-electron chi connectivity index (χ2n) is 5.20. The Hall–Kier alpha value is -0.800. The van der Waals surface area contributed by atoms with E-state index in [1.807, 2.05) is 0 Å². The monoisotopic (exact) mass is 298 g/mol. The molecule has 0 amide bonds. The molecule has 19 heavy (non-hydrogen) atoms. The average Bonchev–Trinajstić information content (AvgIpc) is 2.81. The first-order valence-corrected chi connectivity index (χ1v) is 7.26. The number of fused-ring (bicyclic) bond motifs is 1. The summed E-state index contributed by atoms with van der Waals surface area (Å²) >= 11 is 0. The summed E-state index contributed by atoms with van der Waals surface area (Å²) in [5, 5.41) is -1.20. The molecule has 3 fully saturated rings. The first-order chi connectivity index (χ1) is 8.63. The number of hydrogen-bond acceptors (Lipinski definition) is 6. The van der Waals surface area contributed by atoms with Crippen molar-refractivity contribution in [3.8, 4) is 0 Å². The Morgan fingerprint density at radius 3 is 2.47 bits per heavy atom. The van der Waals surface area contributed by atoms with Gasteiger partial charge in [-0.3, -0.25) is 4.18 Å². The Labute approximate surface area is 108 Å². The highest BCUT2D eigenvalue weighted by molar-refractivity contribution is 7.87. The summed E-state index contributed by atoms with van der Waals surface area (Å²) in [6.45, 7) is 2.08. The fourth-order valence-corrected chi connectivity index (χ4v) is 4.74. The molecule has 0 aromatic rings. The normalized spacial score (nSPS) is 46.5. The molecule has 0 aromatic heterocycles. The molecule has 0 N–H and O–H groups in total. The van der Waals surface area contributed by atoms with Crippen LogP contribution in [0.3, 0.4) is 0 Å². The summed E-state index contributed by atoms with van der Waals surface area (Å²) in [6.07, 6.45) is -3.31. The van der Waals surface area contributed by atoms with Crippen molar-refractivity contribution in [3.05, 3.63) is 0 Å². The lowest BCUT2D eigenvalue weighted by Crippen LogP contribution is -2.48. The lowest BCUT2D eigenvalue weighted by atomic mass is 9.86. The number of halogens is 2. The summed E-state index contributed by atoms with van der Waals surface area (Å²) in [5.74, 6) is -5.76. The van der Waals surface area contributed by atoms with Crippen LogP contribution in [0.2, 0.25) is 0 Å². The number of carbonyl (C=O) groups is 1. The van der Waals surface area contributed by atoms with Gasteiger partial charge in [0.15, 0.2) is 11.4 Å². The number of rotatable bonds is 2. The van der Waals surface area contributed by atoms with Crippen LogP contribution in [0, 0.1) is 5.92 Å². The van der Waals surface area contributed by atoms with Crippen LogP contribution >= 0.6 is 0 Å². The summed E-state index contributed by atoms with van der Waals surface area (Å²) in [6, 6.07) is 0. The van der Waals surface area contributed by atoms with Crippen LogP contribution in [0.1, 0.15) is 13.8 Å². The van der Waals surface area contributed by atoms with Crippen LogP contribution in [0.25, 0.3) is 0 Å². The van der Waals surface area contributed by atoms with Crippen LogP contribution in [0.15, 0.2) is 0 Å². The maximum absolute atomic E-state index is 12.8. The number of ether oxygens (including phenoxy) is 2. The van der Waals surface area contributed by atoms with Gasteiger partial charge in [-0.25, -0.2) is 4.79 Å². The summed E-state index contributed by atoms with van der Waals surface area (Å²) in [5.41, 5.74) is 0. The van der Waals surface area contributed by atoms with Crippen molar-refractivity contribution in [2.45, 2.75) is 49.4 Å². The third kappa shape index (κ3) is 1.71. The maximum atomic E-state index is 12.8. The van der Waals surface area contributed by atoms with Crippen molar-refractivity contribution in [2.75, 3.05) is 0 Å². The Bertz CT molecular complexity index is 527. The molecule has 0 radical (unpaired) electrons. The molecule has 0 saturated carbocycles. The van der Waals surface area contributed by atoms with Crippen LogP contribution in [-0.4, -0.2) is 50.0 Å². The number of esters is 1. The zero-order chi connectivity index (χ0) is 14.2. The molecule has 6 nitrogen and oxygen atoms in total. The predicted molar refractivity (Wildman–Crippen MR) is 55.9 cm³/mol. The lowest BCUT2D eigenvalue weighted by molar-refractivity contribution is -0.177. The van der Waals surface area contributed by atoms with Gasteiger partial charge in [0, 0.05) is 12.8 Å². The maximum Gasteiger partial charge on any atom is 0.377 e. The Kier molecular flexibility index (Phi) is 2.53. The lowest BCUT2D eigenvalue weighted by Gasteiger charge is -2.26. The van der Waals surface area contributed by atoms with Gasteiger partial charge in [-0.15, -0.1) is 0 Å². The fourth-order valence-electron chi connectivity index (χ4n) is 2.93. The molecule has 108 valence electrons. The second kappa shape index (κ2) is 3.64. The van der Waals surface area contributed by atoms with Gasteiger partial charge < -0.3 is 9.47 Å². The molecule has 9 heteroatoms. The molecule has 0 spiro atoms. The van der Waals surface area contributed by atoms with E-state index in [1.54, 1.807) is 6.92 Å². The minimum atomic E-state index is -3.95. The van der Waals surface area contributed by atoms with Crippen molar-refractivity contribution in [1.29, 1.82) is 0 Å². The van der Waals surface area contributed by atoms with Gasteiger partial charge in [-0.1, -0.05) is 6.92 Å². The first-order valence-electron chi connectivity index (χ1n) is 5.79. The number of hydrogen-bond donors (Lipinski definition) is 0. The van der Waals surface area contributed by atoms with Crippen molar-refractivity contribution in [2.24, 2.45) is 5.92 Å². The van der Waals surface area contributed by atoms with Gasteiger partial charge >= 0.3 is 11.9 Å². The molecular formula is C10H12F2O6S. The molecule has 2 bridgehead atoms. The van der Waals surface area contributed by atoms with Crippen LogP contribution < -0.4 is 0 Å². The van der Waals surface area contributed by atoms with E-state index in [0.717, 1.165) is 0 Å². The highest BCUT2D eigenvalue weighted by Gasteiger charge is 2.71. The van der Waals surface area contributed by atoms with Gasteiger partial charge in [0.25, 0.3) is 10.1 Å². The molecule has 3 aliphatic heterocycles. The van der Waals surface area contributed by atoms with Crippen LogP contribution in [0.4, 0.5) is 8.78 Å². The minimum absolute atomic E-state index is 0.332. The molecule has 0 aliphatic carbocycles. The zero-order valence-electron chi connectivity index (χ0n) is 10.1. The van der Waals surface area contributed by atoms with E-state index in [9.17, 15) is 22.0 Å². The topological polar surface area (TPSA) is 78.9 Å². The van der Waals surface area contributed by atoms with Crippen molar-refractivity contribution < 1.29 is 35.6 Å². The third-order valence-corrected chi connectivity index (χ3v) is 5.52. The van der Waals surface area contributed by atoms with Crippen molar-refractivity contribution >= 4 is 16.1 Å². The van der Waals surface area contributed by atoms with E-state index in [1.165, 1.54) is 0 Å². The van der Waals surface area contributed by atoms with Gasteiger partial charge in [0.1, 0.15) is 18.3 Å². The molecular weight excluding hydrogens is 286 g/mol. The number of alkyl halides is 2. The van der Waals surface area contributed by atoms with E-state index < -0.39 is 51.7 Å². The Morgan fingerprint density at radius 2 is 1.89 bits per heavy atom. The molecule has 0 aromatic carbocycles. The minimum Gasteiger partial charge on any atom is -0.454 e. The fraction of sp³-hybridized carbons (Fsp3) is 0.900. The van der Waals surface area contributed by atoms with Gasteiger partial charge in [0.05, 0.1) is 0 Å². The Balaban J connectivity index is 1.89. The summed E-state index contributed by atoms with van der Waals surface area (Å²) < 4.78 is 64.3. The van der Waals surface area contributed by atoms with Crippen LogP contribution in [0.5, 0.6) is 0 Å². The first kappa shape index (κ1) is 13.2. The second-order valence-corrected chi connectivity index (χ2v) is 6.92. The van der Waals surface area contributed by atoms with Crippen LogP contribution in [-0.2, 0) is 28.6 Å². The zero-order valence-corrected chi connectivity index (χ0v) is 10.9. The molecule has 6 atom stereocenters. The molecule has 3 rings (SSSR count). The summed E-state index contributed by atoms with van der Waals surface area (Å²) in [7, 11) is -3.95. The van der Waals surface area contributed by atoms with Gasteiger partial charge in [0.2, 0.25) is 0 Å². The quantitative estimate of drug-likeness (QED) is 0.530. The Morgan fingerprint density at radius 1 is 1.26 bits per heavy atom. The third-order valence-electron chi connectivity index (χ3n) is 3.83. The van der Waals surface area contributed by atoms with E-state index in [2.05, 4.69) is 4.74 Å². The van der Waals surface area contributed by atoms with E-state index >= 15 is 0 Å². The van der Waals surface area contributed by atoms with Gasteiger partial charge in [-0.05, 0) is 0 Å². The SMILES string of the molecule is CC1C2OC3C1OS(=O)(=O)C3C2OC(=O)C(C)(F)F. The van der Waals surface area contributed by atoms with E-state index in [0.29, 0.717) is 6.92 Å². The predicted octanol–water partition coefficient (Wildman–Crippen LogP) is 0.0677. The van der Waals surface area contributed by atoms with Gasteiger partial charge in [-0.2, -0.15) is 17.2 Å². The van der Waals surface area contributed by atoms with Crippen molar-refractivity contribution in [3.63, 3.8) is 0 Å². The van der Waals surface area contributed by atoms with E-state index in [-0.39, 0.29) is 5.92 Å². The summed E-state index contributed by atoms with van der Waals surface area (Å²) in [4.78, 5) is 11.2.